The van der Waals surface area contributed by atoms with Crippen molar-refractivity contribution >= 4 is 12.0 Å². The summed E-state index contributed by atoms with van der Waals surface area (Å²) in [5, 5.41) is 0. The summed E-state index contributed by atoms with van der Waals surface area (Å²) in [6.07, 6.45) is 5.21. The van der Waals surface area contributed by atoms with E-state index in [9.17, 15) is 9.59 Å². The smallest absolute Gasteiger partial charge is 0.416 e. The summed E-state index contributed by atoms with van der Waals surface area (Å²) in [6, 6.07) is 5.37. The first kappa shape index (κ1) is 15.0. The number of pyridine rings is 1. The minimum atomic E-state index is -0.633. The van der Waals surface area contributed by atoms with Gasteiger partial charge in [0.1, 0.15) is 12.2 Å². The van der Waals surface area contributed by atoms with Crippen LogP contribution in [0.5, 0.6) is 0 Å². The summed E-state index contributed by atoms with van der Waals surface area (Å²) in [5.41, 5.74) is 0.319. The summed E-state index contributed by atoms with van der Waals surface area (Å²) in [5.74, 6) is -0.357. The number of fused-ring (bicyclic) bond motifs is 2. The average molecular weight is 304 g/mol. The van der Waals surface area contributed by atoms with E-state index in [-0.39, 0.29) is 24.7 Å². The van der Waals surface area contributed by atoms with Gasteiger partial charge in [-0.3, -0.25) is 9.78 Å². The molecule has 3 rings (SSSR count). The number of nitrogens with zero attached hydrogens (tertiary/aromatic N) is 2. The largest absolute Gasteiger partial charge is 0.446 e. The molecule has 22 heavy (non-hydrogen) atoms. The molecule has 0 atom stereocenters. The lowest BCUT2D eigenvalue weighted by Gasteiger charge is -2.26. The molecule has 2 amide bonds. The predicted molar refractivity (Wildman–Crippen MR) is 77.9 cm³/mol. The maximum atomic E-state index is 12.2. The second kappa shape index (κ2) is 6.04. The van der Waals surface area contributed by atoms with Crippen LogP contribution in [-0.2, 0) is 20.8 Å². The fourth-order valence-electron chi connectivity index (χ4n) is 3.11. The fourth-order valence-corrected chi connectivity index (χ4v) is 3.11. The van der Waals surface area contributed by atoms with E-state index in [0.29, 0.717) is 11.8 Å². The molecule has 0 aromatic carbocycles. The van der Waals surface area contributed by atoms with Gasteiger partial charge in [0.05, 0.1) is 18.3 Å². The molecular formula is C16H20N2O4. The van der Waals surface area contributed by atoms with Crippen LogP contribution < -0.4 is 0 Å². The molecule has 2 saturated heterocycles. The molecule has 118 valence electrons. The van der Waals surface area contributed by atoms with Crippen molar-refractivity contribution in [1.29, 1.82) is 0 Å². The first-order chi connectivity index (χ1) is 10.6. The number of carbonyl (C=O) groups is 2. The average Bonchev–Trinajstić information content (AvgIpc) is 3.12. The molecule has 2 fully saturated rings. The highest BCUT2D eigenvalue weighted by Gasteiger charge is 2.47. The van der Waals surface area contributed by atoms with Crippen molar-refractivity contribution in [2.75, 3.05) is 6.61 Å². The number of hydrogen-bond donors (Lipinski definition) is 0. The summed E-state index contributed by atoms with van der Waals surface area (Å²) in [7, 11) is 0. The van der Waals surface area contributed by atoms with Gasteiger partial charge in [-0.2, -0.15) is 0 Å². The molecule has 6 nitrogen and oxygen atoms in total. The Morgan fingerprint density at radius 3 is 2.73 bits per heavy atom. The van der Waals surface area contributed by atoms with Crippen molar-refractivity contribution in [3.8, 4) is 0 Å². The summed E-state index contributed by atoms with van der Waals surface area (Å²) in [4.78, 5) is 29.1. The Morgan fingerprint density at radius 1 is 1.41 bits per heavy atom. The van der Waals surface area contributed by atoms with Gasteiger partial charge < -0.3 is 9.47 Å². The van der Waals surface area contributed by atoms with Crippen LogP contribution >= 0.6 is 0 Å². The van der Waals surface area contributed by atoms with Crippen molar-refractivity contribution in [2.45, 2.75) is 50.9 Å². The molecule has 2 bridgehead atoms. The number of rotatable bonds is 4. The van der Waals surface area contributed by atoms with E-state index in [2.05, 4.69) is 4.98 Å². The Balaban J connectivity index is 1.59. The summed E-state index contributed by atoms with van der Waals surface area (Å²) in [6.45, 7) is 1.68. The van der Waals surface area contributed by atoms with Gasteiger partial charge in [0.15, 0.2) is 0 Å². The van der Waals surface area contributed by atoms with Crippen LogP contribution in [0.3, 0.4) is 0 Å². The molecule has 1 aromatic rings. The number of amides is 2. The third-order valence-electron chi connectivity index (χ3n) is 4.37. The van der Waals surface area contributed by atoms with Crippen LogP contribution in [-0.4, -0.2) is 40.2 Å². The molecule has 0 N–H and O–H groups in total. The Kier molecular flexibility index (Phi) is 4.11. The van der Waals surface area contributed by atoms with Crippen LogP contribution in [0, 0.1) is 0 Å². The zero-order chi connectivity index (χ0) is 15.6. The number of imide groups is 1. The second-order valence-electron chi connectivity index (χ2n) is 5.98. The quantitative estimate of drug-likeness (QED) is 0.853. The number of aromatic nitrogens is 1. The zero-order valence-electron chi connectivity index (χ0n) is 12.7. The zero-order valence-corrected chi connectivity index (χ0v) is 12.7. The highest BCUT2D eigenvalue weighted by Crippen LogP contribution is 2.43. The van der Waals surface area contributed by atoms with Gasteiger partial charge in [0, 0.05) is 13.1 Å². The maximum Gasteiger partial charge on any atom is 0.416 e. The monoisotopic (exact) mass is 304 g/mol. The van der Waals surface area contributed by atoms with E-state index in [1.165, 1.54) is 6.92 Å². The van der Waals surface area contributed by atoms with Crippen molar-refractivity contribution in [1.82, 2.24) is 9.88 Å². The topological polar surface area (TPSA) is 68.7 Å². The molecule has 0 radical (unpaired) electrons. The molecule has 0 spiro atoms. The van der Waals surface area contributed by atoms with E-state index in [0.717, 1.165) is 30.6 Å². The van der Waals surface area contributed by atoms with Gasteiger partial charge in [0.25, 0.3) is 0 Å². The Bertz CT molecular complexity index is 553. The van der Waals surface area contributed by atoms with Gasteiger partial charge in [-0.15, -0.1) is 0 Å². The normalized spacial score (nSPS) is 26.0. The standard InChI is InChI=1S/C16H20N2O4/c1-12(19)18(10-13-4-2-3-9-17-13)15(20)21-11-16-7-5-14(22-16)6-8-16/h2-4,9,14H,5-8,10-11H2,1H3. The van der Waals surface area contributed by atoms with Gasteiger partial charge in [0.2, 0.25) is 5.91 Å². The molecular weight excluding hydrogens is 284 g/mol. The van der Waals surface area contributed by atoms with E-state index < -0.39 is 6.09 Å². The lowest BCUT2D eigenvalue weighted by atomic mass is 9.89. The summed E-state index contributed by atoms with van der Waals surface area (Å²) >= 11 is 0. The third-order valence-corrected chi connectivity index (χ3v) is 4.37. The summed E-state index contributed by atoms with van der Waals surface area (Å²) < 4.78 is 11.2. The lowest BCUT2D eigenvalue weighted by Crippen LogP contribution is -2.39. The molecule has 0 aliphatic carbocycles. The molecule has 1 aromatic heterocycles. The van der Waals surface area contributed by atoms with Crippen LogP contribution in [0.1, 0.15) is 38.3 Å². The van der Waals surface area contributed by atoms with Crippen LogP contribution in [0.15, 0.2) is 24.4 Å². The van der Waals surface area contributed by atoms with Gasteiger partial charge >= 0.3 is 6.09 Å². The molecule has 2 aliphatic rings. The number of hydrogen-bond acceptors (Lipinski definition) is 5. The van der Waals surface area contributed by atoms with Gasteiger partial charge in [-0.25, -0.2) is 9.69 Å². The Morgan fingerprint density at radius 2 is 2.18 bits per heavy atom. The van der Waals surface area contributed by atoms with Crippen molar-refractivity contribution in [3.05, 3.63) is 30.1 Å². The molecule has 0 unspecified atom stereocenters. The third kappa shape index (κ3) is 3.11. The molecule has 2 aliphatic heterocycles. The van der Waals surface area contributed by atoms with Crippen molar-refractivity contribution < 1.29 is 19.1 Å². The molecule has 0 saturated carbocycles. The van der Waals surface area contributed by atoms with Crippen LogP contribution in [0.25, 0.3) is 0 Å². The second-order valence-corrected chi connectivity index (χ2v) is 5.98. The molecule has 6 heteroatoms. The number of ether oxygens (including phenoxy) is 2. The Hall–Kier alpha value is -1.95. The molecule has 3 heterocycles. The minimum Gasteiger partial charge on any atom is -0.446 e. The Labute approximate surface area is 129 Å². The first-order valence-corrected chi connectivity index (χ1v) is 7.61. The van der Waals surface area contributed by atoms with E-state index in [1.54, 1.807) is 18.3 Å². The number of carbonyl (C=O) groups excluding carboxylic acids is 2. The first-order valence-electron chi connectivity index (χ1n) is 7.61. The van der Waals surface area contributed by atoms with Crippen LogP contribution in [0.2, 0.25) is 0 Å². The minimum absolute atomic E-state index is 0.117. The lowest BCUT2D eigenvalue weighted by molar-refractivity contribution is -0.128. The van der Waals surface area contributed by atoms with Crippen molar-refractivity contribution in [2.24, 2.45) is 0 Å². The highest BCUT2D eigenvalue weighted by atomic mass is 16.6. The fraction of sp³-hybridized carbons (Fsp3) is 0.562. The predicted octanol–water partition coefficient (Wildman–Crippen LogP) is 2.28. The van der Waals surface area contributed by atoms with Gasteiger partial charge in [-0.1, -0.05) is 6.07 Å². The maximum absolute atomic E-state index is 12.2. The van der Waals surface area contributed by atoms with E-state index in [1.807, 2.05) is 6.07 Å². The van der Waals surface area contributed by atoms with E-state index in [4.69, 9.17) is 9.47 Å². The highest BCUT2D eigenvalue weighted by molar-refractivity contribution is 5.90. The van der Waals surface area contributed by atoms with E-state index >= 15 is 0 Å². The van der Waals surface area contributed by atoms with Crippen molar-refractivity contribution in [3.63, 3.8) is 0 Å². The van der Waals surface area contributed by atoms with Crippen LogP contribution in [0.4, 0.5) is 4.79 Å². The van der Waals surface area contributed by atoms with Gasteiger partial charge in [-0.05, 0) is 37.8 Å². The SMILES string of the molecule is CC(=O)N(Cc1ccccn1)C(=O)OCC12CCC(CC1)O2.